The van der Waals surface area contributed by atoms with Gasteiger partial charge in [-0.25, -0.2) is 12.8 Å². The zero-order chi connectivity index (χ0) is 22.4. The predicted octanol–water partition coefficient (Wildman–Crippen LogP) is 0.993. The lowest BCUT2D eigenvalue weighted by atomic mass is 10.2. The fraction of sp³-hybridized carbons (Fsp3) is 0.619. The molecule has 3 rings (SSSR count). The lowest BCUT2D eigenvalue weighted by Crippen LogP contribution is -2.53. The van der Waals surface area contributed by atoms with Crippen molar-refractivity contribution in [2.75, 3.05) is 59.4 Å². The number of rotatable bonds is 6. The molecule has 0 aliphatic carbocycles. The summed E-state index contributed by atoms with van der Waals surface area (Å²) in [6.45, 7) is 3.80. The number of sulfonamides is 1. The molecule has 8 nitrogen and oxygen atoms in total. The van der Waals surface area contributed by atoms with Crippen LogP contribution in [0, 0.1) is 5.82 Å². The van der Waals surface area contributed by atoms with Crippen molar-refractivity contribution in [2.45, 2.75) is 30.6 Å². The lowest BCUT2D eigenvalue weighted by Gasteiger charge is -2.36. The molecular formula is C21H31FN4O4S. The van der Waals surface area contributed by atoms with E-state index < -0.39 is 15.8 Å². The highest BCUT2D eigenvalue weighted by Gasteiger charge is 2.28. The first-order valence-corrected chi connectivity index (χ1v) is 12.2. The minimum Gasteiger partial charge on any atom is -0.342 e. The second-order valence-corrected chi connectivity index (χ2v) is 10.2. The van der Waals surface area contributed by atoms with Gasteiger partial charge in [-0.05, 0) is 37.1 Å². The molecule has 31 heavy (non-hydrogen) atoms. The van der Waals surface area contributed by atoms with E-state index in [1.807, 2.05) is 4.90 Å². The van der Waals surface area contributed by atoms with Gasteiger partial charge in [0.05, 0.1) is 18.0 Å². The summed E-state index contributed by atoms with van der Waals surface area (Å²) >= 11 is 0. The molecule has 0 spiro atoms. The number of benzene rings is 1. The lowest BCUT2D eigenvalue weighted by molar-refractivity contribution is -0.135. The number of likely N-dealkylation sites (N-methyl/N-ethyl adjacent to an activating group) is 1. The number of likely N-dealkylation sites (tertiary alicyclic amines) is 1. The van der Waals surface area contributed by atoms with E-state index in [-0.39, 0.29) is 23.3 Å². The van der Waals surface area contributed by atoms with Crippen molar-refractivity contribution in [1.82, 2.24) is 19.0 Å². The van der Waals surface area contributed by atoms with Crippen molar-refractivity contribution in [3.63, 3.8) is 0 Å². The first-order valence-electron chi connectivity index (χ1n) is 10.8. The molecule has 2 amide bonds. The summed E-state index contributed by atoms with van der Waals surface area (Å²) in [6, 6.07) is 4.53. The van der Waals surface area contributed by atoms with Gasteiger partial charge in [0.25, 0.3) is 0 Å². The van der Waals surface area contributed by atoms with Gasteiger partial charge in [0.15, 0.2) is 0 Å². The van der Waals surface area contributed by atoms with Crippen molar-refractivity contribution < 1.29 is 22.4 Å². The van der Waals surface area contributed by atoms with Gasteiger partial charge in [-0.15, -0.1) is 0 Å². The van der Waals surface area contributed by atoms with Crippen LogP contribution in [0.4, 0.5) is 4.39 Å². The first kappa shape index (κ1) is 23.6. The van der Waals surface area contributed by atoms with Crippen LogP contribution in [0.15, 0.2) is 29.2 Å². The summed E-state index contributed by atoms with van der Waals surface area (Å²) < 4.78 is 39.2. The Hall–Kier alpha value is -2.04. The summed E-state index contributed by atoms with van der Waals surface area (Å²) in [5.74, 6) is -0.664. The van der Waals surface area contributed by atoms with Crippen LogP contribution in [0.2, 0.25) is 0 Å². The van der Waals surface area contributed by atoms with E-state index >= 15 is 0 Å². The Labute approximate surface area is 183 Å². The normalized spacial score (nSPS) is 18.8. The zero-order valence-electron chi connectivity index (χ0n) is 18.0. The van der Waals surface area contributed by atoms with Crippen LogP contribution in [0.25, 0.3) is 0 Å². The van der Waals surface area contributed by atoms with Crippen LogP contribution >= 0.6 is 0 Å². The van der Waals surface area contributed by atoms with E-state index in [1.165, 1.54) is 32.0 Å². The molecule has 0 aromatic heterocycles. The van der Waals surface area contributed by atoms with Gasteiger partial charge in [0.1, 0.15) is 5.82 Å². The number of halogens is 1. The largest absolute Gasteiger partial charge is 0.342 e. The molecule has 2 heterocycles. The molecular weight excluding hydrogens is 423 g/mol. The standard InChI is InChI=1S/C21H31FN4O4S/c1-23(31(29,30)19-8-6-18(22)7-9-19)16-20(27)26-14-12-24(13-15-26)17-21(28)25-10-4-2-3-5-11-25/h6-9H,2-5,10-17H2,1H3. The number of carbonyl (C=O) groups excluding carboxylic acids is 2. The first-order chi connectivity index (χ1) is 14.8. The summed E-state index contributed by atoms with van der Waals surface area (Å²) in [5.41, 5.74) is 0. The Morgan fingerprint density at radius 1 is 0.871 bits per heavy atom. The highest BCUT2D eigenvalue weighted by molar-refractivity contribution is 7.89. The van der Waals surface area contributed by atoms with E-state index in [1.54, 1.807) is 4.90 Å². The predicted molar refractivity (Wildman–Crippen MR) is 114 cm³/mol. The average molecular weight is 455 g/mol. The van der Waals surface area contributed by atoms with Crippen LogP contribution in [0.5, 0.6) is 0 Å². The van der Waals surface area contributed by atoms with E-state index in [9.17, 15) is 22.4 Å². The number of hydrogen-bond acceptors (Lipinski definition) is 5. The molecule has 2 aliphatic rings. The highest BCUT2D eigenvalue weighted by Crippen LogP contribution is 2.15. The van der Waals surface area contributed by atoms with Crippen LogP contribution in [-0.2, 0) is 19.6 Å². The third kappa shape index (κ3) is 6.24. The molecule has 10 heteroatoms. The molecule has 0 unspecified atom stereocenters. The van der Waals surface area contributed by atoms with Crippen molar-refractivity contribution >= 4 is 21.8 Å². The smallest absolute Gasteiger partial charge is 0.243 e. The third-order valence-electron chi connectivity index (χ3n) is 5.92. The fourth-order valence-corrected chi connectivity index (χ4v) is 5.05. The number of carbonyl (C=O) groups is 2. The Morgan fingerprint density at radius 3 is 2.00 bits per heavy atom. The van der Waals surface area contributed by atoms with Gasteiger partial charge < -0.3 is 9.80 Å². The Bertz CT molecular complexity index is 862. The average Bonchev–Trinajstić information content (AvgIpc) is 3.04. The zero-order valence-corrected chi connectivity index (χ0v) is 18.8. The Kier molecular flexibility index (Phi) is 8.01. The second-order valence-electron chi connectivity index (χ2n) is 8.17. The van der Waals surface area contributed by atoms with Gasteiger partial charge in [-0.1, -0.05) is 12.8 Å². The molecule has 0 N–H and O–H groups in total. The topological polar surface area (TPSA) is 81.2 Å². The molecule has 2 aliphatic heterocycles. The molecule has 2 saturated heterocycles. The molecule has 0 atom stereocenters. The van der Waals surface area contributed by atoms with Crippen LogP contribution in [0.3, 0.4) is 0 Å². The van der Waals surface area contributed by atoms with Crippen LogP contribution < -0.4 is 0 Å². The molecule has 0 saturated carbocycles. The highest BCUT2D eigenvalue weighted by atomic mass is 32.2. The van der Waals surface area contributed by atoms with Crippen LogP contribution in [-0.4, -0.2) is 98.6 Å². The molecule has 2 fully saturated rings. The Balaban J connectivity index is 1.47. The molecule has 0 radical (unpaired) electrons. The Morgan fingerprint density at radius 2 is 1.42 bits per heavy atom. The second kappa shape index (κ2) is 10.5. The van der Waals surface area contributed by atoms with Gasteiger partial charge in [0.2, 0.25) is 21.8 Å². The van der Waals surface area contributed by atoms with Gasteiger partial charge >= 0.3 is 0 Å². The number of hydrogen-bond donors (Lipinski definition) is 0. The van der Waals surface area contributed by atoms with Gasteiger partial charge in [-0.3, -0.25) is 14.5 Å². The van der Waals surface area contributed by atoms with E-state index in [4.69, 9.17) is 0 Å². The summed E-state index contributed by atoms with van der Waals surface area (Å²) in [6.07, 6.45) is 4.47. The quantitative estimate of drug-likeness (QED) is 0.641. The van der Waals surface area contributed by atoms with Crippen molar-refractivity contribution in [2.24, 2.45) is 0 Å². The SMILES string of the molecule is CN(CC(=O)N1CCN(CC(=O)N2CCCCCC2)CC1)S(=O)(=O)c1ccc(F)cc1. The van der Waals surface area contributed by atoms with Gasteiger partial charge in [-0.2, -0.15) is 4.31 Å². The maximum absolute atomic E-state index is 13.1. The van der Waals surface area contributed by atoms with E-state index in [0.717, 1.165) is 42.4 Å². The van der Waals surface area contributed by atoms with E-state index in [0.29, 0.717) is 32.7 Å². The number of piperazine rings is 1. The maximum Gasteiger partial charge on any atom is 0.243 e. The summed E-state index contributed by atoms with van der Waals surface area (Å²) in [7, 11) is -2.53. The molecule has 1 aromatic rings. The van der Waals surface area contributed by atoms with Crippen molar-refractivity contribution in [3.8, 4) is 0 Å². The van der Waals surface area contributed by atoms with Crippen molar-refractivity contribution in [3.05, 3.63) is 30.1 Å². The summed E-state index contributed by atoms with van der Waals surface area (Å²) in [5, 5.41) is 0. The van der Waals surface area contributed by atoms with E-state index in [2.05, 4.69) is 4.90 Å². The number of amides is 2. The van der Waals surface area contributed by atoms with Crippen LogP contribution in [0.1, 0.15) is 25.7 Å². The molecule has 0 bridgehead atoms. The minimum atomic E-state index is -3.87. The van der Waals surface area contributed by atoms with Crippen molar-refractivity contribution in [1.29, 1.82) is 0 Å². The monoisotopic (exact) mass is 454 g/mol. The molecule has 1 aromatic carbocycles. The number of nitrogens with zero attached hydrogens (tertiary/aromatic N) is 4. The maximum atomic E-state index is 13.1. The summed E-state index contributed by atoms with van der Waals surface area (Å²) in [4.78, 5) is 30.7. The third-order valence-corrected chi connectivity index (χ3v) is 7.74. The van der Waals surface area contributed by atoms with Gasteiger partial charge in [0, 0.05) is 46.3 Å². The minimum absolute atomic E-state index is 0.0546. The fourth-order valence-electron chi connectivity index (χ4n) is 3.93. The molecule has 172 valence electrons.